The third-order valence-electron chi connectivity index (χ3n) is 5.51. The lowest BCUT2D eigenvalue weighted by atomic mass is 9.83. The van der Waals surface area contributed by atoms with E-state index in [4.69, 9.17) is 0 Å². The molecule has 3 nitrogen and oxygen atoms in total. The van der Waals surface area contributed by atoms with Crippen molar-refractivity contribution >= 4 is 5.97 Å². The fourth-order valence-corrected chi connectivity index (χ4v) is 4.50. The highest BCUT2D eigenvalue weighted by Gasteiger charge is 2.50. The van der Waals surface area contributed by atoms with E-state index in [9.17, 15) is 9.90 Å². The molecule has 1 N–H and O–H groups in total. The molecule has 3 fully saturated rings. The van der Waals surface area contributed by atoms with Crippen LogP contribution in [0, 0.1) is 11.8 Å². The summed E-state index contributed by atoms with van der Waals surface area (Å²) in [6, 6.07) is 0.565. The summed E-state index contributed by atoms with van der Waals surface area (Å²) in [6.07, 6.45) is 8.41. The van der Waals surface area contributed by atoms with Gasteiger partial charge >= 0.3 is 5.97 Å². The van der Waals surface area contributed by atoms with E-state index >= 15 is 0 Å². The number of nitrogens with zero attached hydrogens (tertiary/aromatic N) is 1. The minimum Gasteiger partial charge on any atom is -0.480 e. The molecule has 1 aliphatic heterocycles. The van der Waals surface area contributed by atoms with Crippen LogP contribution in [-0.2, 0) is 4.79 Å². The van der Waals surface area contributed by atoms with Crippen molar-refractivity contribution in [1.29, 1.82) is 0 Å². The topological polar surface area (TPSA) is 40.5 Å². The molecule has 1 heterocycles. The molecule has 0 aromatic heterocycles. The molecule has 4 unspecified atom stereocenters. The van der Waals surface area contributed by atoms with Gasteiger partial charge in [-0.1, -0.05) is 6.42 Å². The summed E-state index contributed by atoms with van der Waals surface area (Å²) in [6.45, 7) is 2.94. The standard InChI is InChI=1S/C14H23NO2/c1-14(13(16)17)6-2-3-7-15(14)12-9-10-4-5-11(12)8-10/h10-12H,2-9H2,1H3,(H,16,17). The lowest BCUT2D eigenvalue weighted by Gasteiger charge is -2.47. The number of rotatable bonds is 2. The zero-order valence-electron chi connectivity index (χ0n) is 10.7. The summed E-state index contributed by atoms with van der Waals surface area (Å²) in [7, 11) is 0. The zero-order chi connectivity index (χ0) is 12.0. The van der Waals surface area contributed by atoms with E-state index < -0.39 is 11.5 Å². The Balaban J connectivity index is 1.82. The fraction of sp³-hybridized carbons (Fsp3) is 0.929. The van der Waals surface area contributed by atoms with Crippen LogP contribution in [0.5, 0.6) is 0 Å². The van der Waals surface area contributed by atoms with Crippen molar-refractivity contribution in [2.45, 2.75) is 63.5 Å². The highest BCUT2D eigenvalue weighted by atomic mass is 16.4. The summed E-state index contributed by atoms with van der Waals surface area (Å²) < 4.78 is 0. The van der Waals surface area contributed by atoms with Gasteiger partial charge in [-0.2, -0.15) is 0 Å². The van der Waals surface area contributed by atoms with Crippen LogP contribution in [0.25, 0.3) is 0 Å². The normalized spacial score (nSPS) is 46.3. The number of hydrogen-bond acceptors (Lipinski definition) is 2. The predicted octanol–water partition coefficient (Wildman–Crippen LogP) is 2.50. The van der Waals surface area contributed by atoms with Gasteiger partial charge in [0.2, 0.25) is 0 Å². The number of carboxylic acids is 1. The second-order valence-electron chi connectivity index (χ2n) is 6.47. The van der Waals surface area contributed by atoms with Crippen molar-refractivity contribution < 1.29 is 9.90 Å². The second kappa shape index (κ2) is 3.98. The second-order valence-corrected chi connectivity index (χ2v) is 6.47. The summed E-state index contributed by atoms with van der Waals surface area (Å²) in [5, 5.41) is 9.56. The van der Waals surface area contributed by atoms with Gasteiger partial charge in [0.15, 0.2) is 0 Å². The molecular weight excluding hydrogens is 214 g/mol. The Kier molecular flexibility index (Phi) is 2.69. The van der Waals surface area contributed by atoms with Gasteiger partial charge in [-0.15, -0.1) is 0 Å². The van der Waals surface area contributed by atoms with Crippen molar-refractivity contribution in [2.75, 3.05) is 6.54 Å². The first-order valence-corrected chi connectivity index (χ1v) is 7.11. The van der Waals surface area contributed by atoms with Gasteiger partial charge in [0, 0.05) is 6.04 Å². The first-order valence-electron chi connectivity index (χ1n) is 7.11. The van der Waals surface area contributed by atoms with Gasteiger partial charge in [0.1, 0.15) is 5.54 Å². The van der Waals surface area contributed by atoms with E-state index in [0.717, 1.165) is 31.2 Å². The summed E-state index contributed by atoms with van der Waals surface area (Å²) in [4.78, 5) is 14.0. The van der Waals surface area contributed by atoms with E-state index in [-0.39, 0.29) is 0 Å². The maximum Gasteiger partial charge on any atom is 0.323 e. The third-order valence-corrected chi connectivity index (χ3v) is 5.51. The molecule has 3 rings (SSSR count). The van der Waals surface area contributed by atoms with Gasteiger partial charge in [-0.25, -0.2) is 0 Å². The van der Waals surface area contributed by atoms with Crippen molar-refractivity contribution in [2.24, 2.45) is 11.8 Å². The molecule has 4 atom stereocenters. The number of aliphatic carboxylic acids is 1. The highest BCUT2D eigenvalue weighted by Crippen LogP contribution is 2.49. The number of fused-ring (bicyclic) bond motifs is 2. The number of carbonyl (C=O) groups is 1. The molecule has 3 heteroatoms. The Labute approximate surface area is 103 Å². The van der Waals surface area contributed by atoms with E-state index in [1.54, 1.807) is 0 Å². The Hall–Kier alpha value is -0.570. The molecule has 3 aliphatic rings. The zero-order valence-corrected chi connectivity index (χ0v) is 10.7. The van der Waals surface area contributed by atoms with Crippen LogP contribution < -0.4 is 0 Å². The van der Waals surface area contributed by atoms with Crippen LogP contribution in [0.2, 0.25) is 0 Å². The third kappa shape index (κ3) is 1.70. The lowest BCUT2D eigenvalue weighted by Crippen LogP contribution is -2.60. The first kappa shape index (κ1) is 11.5. The van der Waals surface area contributed by atoms with Gasteiger partial charge < -0.3 is 5.11 Å². The molecule has 0 spiro atoms. The maximum atomic E-state index is 11.6. The lowest BCUT2D eigenvalue weighted by molar-refractivity contribution is -0.156. The largest absolute Gasteiger partial charge is 0.480 e. The number of hydrogen-bond donors (Lipinski definition) is 1. The van der Waals surface area contributed by atoms with Crippen LogP contribution in [-0.4, -0.2) is 34.1 Å². The van der Waals surface area contributed by atoms with Crippen molar-refractivity contribution in [3.05, 3.63) is 0 Å². The van der Waals surface area contributed by atoms with Gasteiger partial charge in [-0.05, 0) is 63.8 Å². The smallest absolute Gasteiger partial charge is 0.323 e. The Bertz CT molecular complexity index is 330. The van der Waals surface area contributed by atoms with Crippen LogP contribution in [0.1, 0.15) is 51.9 Å². The molecule has 2 bridgehead atoms. The summed E-state index contributed by atoms with van der Waals surface area (Å²) >= 11 is 0. The molecular formula is C14H23NO2. The molecule has 0 aromatic carbocycles. The van der Waals surface area contributed by atoms with Crippen LogP contribution >= 0.6 is 0 Å². The van der Waals surface area contributed by atoms with Crippen molar-refractivity contribution in [1.82, 2.24) is 4.90 Å². The van der Waals surface area contributed by atoms with Crippen LogP contribution in [0.3, 0.4) is 0 Å². The molecule has 1 saturated heterocycles. The molecule has 2 saturated carbocycles. The average molecular weight is 237 g/mol. The molecule has 0 radical (unpaired) electrons. The minimum absolute atomic E-state index is 0.565. The van der Waals surface area contributed by atoms with E-state index in [1.807, 2.05) is 6.92 Å². The number of piperidine rings is 1. The molecule has 17 heavy (non-hydrogen) atoms. The van der Waals surface area contributed by atoms with Crippen molar-refractivity contribution in [3.8, 4) is 0 Å². The number of carboxylic acid groups (broad SMARTS) is 1. The Morgan fingerprint density at radius 2 is 2.12 bits per heavy atom. The average Bonchev–Trinajstić information content (AvgIpc) is 2.91. The molecule has 2 aliphatic carbocycles. The molecule has 96 valence electrons. The van der Waals surface area contributed by atoms with Crippen LogP contribution in [0.4, 0.5) is 0 Å². The van der Waals surface area contributed by atoms with E-state index in [2.05, 4.69) is 4.90 Å². The van der Waals surface area contributed by atoms with Gasteiger partial charge in [-0.3, -0.25) is 9.69 Å². The van der Waals surface area contributed by atoms with Crippen molar-refractivity contribution in [3.63, 3.8) is 0 Å². The highest BCUT2D eigenvalue weighted by molar-refractivity contribution is 5.78. The summed E-state index contributed by atoms with van der Waals surface area (Å²) in [5.41, 5.74) is -0.590. The fourth-order valence-electron chi connectivity index (χ4n) is 4.50. The molecule has 0 amide bonds. The van der Waals surface area contributed by atoms with Crippen LogP contribution in [0.15, 0.2) is 0 Å². The first-order chi connectivity index (χ1) is 8.11. The SMILES string of the molecule is CC1(C(=O)O)CCCCN1C1CC2CCC1C2. The quantitative estimate of drug-likeness (QED) is 0.802. The number of likely N-dealkylation sites (tertiary alicyclic amines) is 1. The Morgan fingerprint density at radius 3 is 2.71 bits per heavy atom. The predicted molar refractivity (Wildman–Crippen MR) is 65.8 cm³/mol. The monoisotopic (exact) mass is 237 g/mol. The maximum absolute atomic E-state index is 11.6. The minimum atomic E-state index is -0.611. The van der Waals surface area contributed by atoms with Gasteiger partial charge in [0.25, 0.3) is 0 Å². The van der Waals surface area contributed by atoms with Gasteiger partial charge in [0.05, 0.1) is 0 Å². The Morgan fingerprint density at radius 1 is 1.29 bits per heavy atom. The molecule has 0 aromatic rings. The summed E-state index contributed by atoms with van der Waals surface area (Å²) in [5.74, 6) is 1.07. The van der Waals surface area contributed by atoms with E-state index in [0.29, 0.717) is 6.04 Å². The van der Waals surface area contributed by atoms with E-state index in [1.165, 1.54) is 32.1 Å².